The number of nitrogens with one attached hydrogen (secondary N) is 1. The van der Waals surface area contributed by atoms with Gasteiger partial charge in [0.1, 0.15) is 0 Å². The lowest BCUT2D eigenvalue weighted by Gasteiger charge is -2.31. The van der Waals surface area contributed by atoms with E-state index in [2.05, 4.69) is 10.3 Å². The number of piperidine rings is 1. The van der Waals surface area contributed by atoms with Gasteiger partial charge in [-0.1, -0.05) is 12.1 Å². The predicted molar refractivity (Wildman–Crippen MR) is 87.2 cm³/mol. The molecule has 1 saturated heterocycles. The van der Waals surface area contributed by atoms with E-state index in [9.17, 15) is 9.90 Å². The summed E-state index contributed by atoms with van der Waals surface area (Å²) in [6, 6.07) is 7.96. The molecule has 0 bridgehead atoms. The molecule has 0 spiro atoms. The van der Waals surface area contributed by atoms with Crippen LogP contribution in [0.1, 0.15) is 18.4 Å². The van der Waals surface area contributed by atoms with Crippen LogP contribution in [0.25, 0.3) is 5.69 Å². The summed E-state index contributed by atoms with van der Waals surface area (Å²) in [7, 11) is 0. The van der Waals surface area contributed by atoms with Gasteiger partial charge in [-0.2, -0.15) is 0 Å². The van der Waals surface area contributed by atoms with Gasteiger partial charge >= 0.3 is 6.03 Å². The highest BCUT2D eigenvalue weighted by atomic mass is 16.3. The normalized spacial score (nSPS) is 18.0. The van der Waals surface area contributed by atoms with E-state index < -0.39 is 0 Å². The topological polar surface area (TPSA) is 70.4 Å². The van der Waals surface area contributed by atoms with Crippen LogP contribution in [0.2, 0.25) is 0 Å². The van der Waals surface area contributed by atoms with Crippen molar-refractivity contribution >= 4 is 6.03 Å². The van der Waals surface area contributed by atoms with Crippen molar-refractivity contribution in [3.8, 4) is 5.69 Å². The Labute approximate surface area is 135 Å². The maximum Gasteiger partial charge on any atom is 0.317 e. The summed E-state index contributed by atoms with van der Waals surface area (Å²) in [6.45, 7) is 2.06. The molecular weight excluding hydrogens is 292 g/mol. The van der Waals surface area contributed by atoms with Crippen LogP contribution in [0.4, 0.5) is 4.79 Å². The number of carbonyl (C=O) groups is 1. The Morgan fingerprint density at radius 3 is 2.87 bits per heavy atom. The fourth-order valence-corrected chi connectivity index (χ4v) is 2.89. The Balaban J connectivity index is 1.52. The quantitative estimate of drug-likeness (QED) is 0.904. The van der Waals surface area contributed by atoms with E-state index >= 15 is 0 Å². The number of carbonyl (C=O) groups excluding carboxylic acids is 1. The molecule has 1 aliphatic heterocycles. The summed E-state index contributed by atoms with van der Waals surface area (Å²) >= 11 is 0. The van der Waals surface area contributed by atoms with E-state index in [-0.39, 0.29) is 18.6 Å². The minimum absolute atomic E-state index is 0.0539. The fraction of sp³-hybridized carbons (Fsp3) is 0.412. The zero-order valence-corrected chi connectivity index (χ0v) is 13.1. The van der Waals surface area contributed by atoms with E-state index in [0.717, 1.165) is 30.6 Å². The van der Waals surface area contributed by atoms with Gasteiger partial charge in [-0.25, -0.2) is 9.78 Å². The summed E-state index contributed by atoms with van der Waals surface area (Å²) in [5.41, 5.74) is 2.09. The third-order valence-corrected chi connectivity index (χ3v) is 4.25. The molecule has 1 fully saturated rings. The molecular formula is C17H22N4O2. The first-order valence-corrected chi connectivity index (χ1v) is 7.97. The first-order chi connectivity index (χ1) is 11.3. The molecule has 0 radical (unpaired) electrons. The molecule has 6 heteroatoms. The Kier molecular flexibility index (Phi) is 4.92. The molecule has 6 nitrogen and oxygen atoms in total. The van der Waals surface area contributed by atoms with E-state index in [1.807, 2.05) is 35.0 Å². The molecule has 1 aromatic carbocycles. The lowest BCUT2D eigenvalue weighted by atomic mass is 9.99. The Morgan fingerprint density at radius 2 is 2.17 bits per heavy atom. The van der Waals surface area contributed by atoms with Crippen molar-refractivity contribution in [3.63, 3.8) is 0 Å². The third-order valence-electron chi connectivity index (χ3n) is 4.25. The molecule has 1 aliphatic rings. The van der Waals surface area contributed by atoms with Crippen molar-refractivity contribution in [2.24, 2.45) is 5.92 Å². The van der Waals surface area contributed by atoms with Crippen molar-refractivity contribution in [2.45, 2.75) is 19.4 Å². The van der Waals surface area contributed by atoms with Crippen molar-refractivity contribution in [2.75, 3.05) is 19.7 Å². The maximum atomic E-state index is 12.2. The Morgan fingerprint density at radius 1 is 1.35 bits per heavy atom. The van der Waals surface area contributed by atoms with Gasteiger partial charge in [0.25, 0.3) is 0 Å². The molecule has 1 atom stereocenters. The Hall–Kier alpha value is -2.34. The molecule has 1 aromatic heterocycles. The number of rotatable bonds is 4. The number of nitrogens with zero attached hydrogens (tertiary/aromatic N) is 3. The maximum absolute atomic E-state index is 12.2. The molecule has 1 unspecified atom stereocenters. The van der Waals surface area contributed by atoms with E-state index in [1.54, 1.807) is 17.4 Å². The average molecular weight is 314 g/mol. The number of hydrogen-bond acceptors (Lipinski definition) is 3. The number of aliphatic hydroxyl groups is 1. The molecule has 2 heterocycles. The molecule has 0 aliphatic carbocycles. The van der Waals surface area contributed by atoms with Gasteiger partial charge < -0.3 is 19.9 Å². The van der Waals surface area contributed by atoms with Crippen molar-refractivity contribution in [1.82, 2.24) is 19.8 Å². The highest BCUT2D eigenvalue weighted by Crippen LogP contribution is 2.16. The third kappa shape index (κ3) is 3.90. The number of urea groups is 1. The van der Waals surface area contributed by atoms with E-state index in [0.29, 0.717) is 13.1 Å². The molecule has 122 valence electrons. The summed E-state index contributed by atoms with van der Waals surface area (Å²) in [5.74, 6) is 0.212. The van der Waals surface area contributed by atoms with Crippen molar-refractivity contribution in [3.05, 3.63) is 48.5 Å². The molecule has 0 saturated carbocycles. The lowest BCUT2D eigenvalue weighted by molar-refractivity contribution is 0.129. The summed E-state index contributed by atoms with van der Waals surface area (Å²) in [4.78, 5) is 18.0. The number of imidazole rings is 1. The van der Waals surface area contributed by atoms with Gasteiger partial charge in [0.05, 0.1) is 6.33 Å². The van der Waals surface area contributed by atoms with Gasteiger partial charge in [0.2, 0.25) is 0 Å². The van der Waals surface area contributed by atoms with Gasteiger partial charge in [0, 0.05) is 44.3 Å². The lowest BCUT2D eigenvalue weighted by Crippen LogP contribution is -2.45. The smallest absolute Gasteiger partial charge is 0.317 e. The zero-order valence-electron chi connectivity index (χ0n) is 13.1. The van der Waals surface area contributed by atoms with E-state index in [4.69, 9.17) is 0 Å². The number of aliphatic hydroxyl groups excluding tert-OH is 1. The first kappa shape index (κ1) is 15.6. The van der Waals surface area contributed by atoms with Crippen LogP contribution in [-0.4, -0.2) is 45.3 Å². The highest BCUT2D eigenvalue weighted by molar-refractivity contribution is 5.74. The van der Waals surface area contributed by atoms with Crippen LogP contribution in [-0.2, 0) is 6.54 Å². The first-order valence-electron chi connectivity index (χ1n) is 7.97. The second-order valence-electron chi connectivity index (χ2n) is 5.93. The number of hydrogen-bond donors (Lipinski definition) is 2. The summed E-state index contributed by atoms with van der Waals surface area (Å²) < 4.78 is 1.94. The number of aromatic nitrogens is 2. The zero-order chi connectivity index (χ0) is 16.1. The number of amides is 2. The van der Waals surface area contributed by atoms with Crippen LogP contribution in [0.15, 0.2) is 43.0 Å². The van der Waals surface area contributed by atoms with Gasteiger partial charge in [0.15, 0.2) is 0 Å². The number of likely N-dealkylation sites (tertiary alicyclic amines) is 1. The van der Waals surface area contributed by atoms with Crippen LogP contribution in [0.5, 0.6) is 0 Å². The SMILES string of the molecule is O=C(NCc1ccc(-n2ccnc2)cc1)N1CCCC(CO)C1. The number of benzene rings is 1. The summed E-state index contributed by atoms with van der Waals surface area (Å²) in [6.07, 6.45) is 7.34. The fourth-order valence-electron chi connectivity index (χ4n) is 2.89. The van der Waals surface area contributed by atoms with Crippen LogP contribution >= 0.6 is 0 Å². The predicted octanol–water partition coefficient (Wildman–Crippen LogP) is 1.79. The Bertz CT molecular complexity index is 625. The van der Waals surface area contributed by atoms with E-state index in [1.165, 1.54) is 0 Å². The largest absolute Gasteiger partial charge is 0.396 e. The molecule has 2 amide bonds. The molecule has 3 rings (SSSR count). The summed E-state index contributed by atoms with van der Waals surface area (Å²) in [5, 5.41) is 12.2. The van der Waals surface area contributed by atoms with Crippen LogP contribution in [0.3, 0.4) is 0 Å². The molecule has 2 aromatic rings. The van der Waals surface area contributed by atoms with Gasteiger partial charge in [-0.05, 0) is 36.5 Å². The van der Waals surface area contributed by atoms with Crippen LogP contribution in [0, 0.1) is 5.92 Å². The molecule has 2 N–H and O–H groups in total. The van der Waals surface area contributed by atoms with Crippen molar-refractivity contribution in [1.29, 1.82) is 0 Å². The van der Waals surface area contributed by atoms with Crippen molar-refractivity contribution < 1.29 is 9.90 Å². The average Bonchev–Trinajstić information content (AvgIpc) is 3.15. The monoisotopic (exact) mass is 314 g/mol. The minimum atomic E-state index is -0.0539. The second-order valence-corrected chi connectivity index (χ2v) is 5.93. The van der Waals surface area contributed by atoms with Crippen LogP contribution < -0.4 is 5.32 Å². The second kappa shape index (κ2) is 7.28. The van der Waals surface area contributed by atoms with Gasteiger partial charge in [-0.3, -0.25) is 0 Å². The molecule has 23 heavy (non-hydrogen) atoms. The minimum Gasteiger partial charge on any atom is -0.396 e. The standard InChI is InChI=1S/C17H22N4O2/c22-12-15-2-1-8-20(11-15)17(23)19-10-14-3-5-16(6-4-14)21-9-7-18-13-21/h3-7,9,13,15,22H,1-2,8,10-12H2,(H,19,23). The highest BCUT2D eigenvalue weighted by Gasteiger charge is 2.22. The van der Waals surface area contributed by atoms with Gasteiger partial charge in [-0.15, -0.1) is 0 Å².